The van der Waals surface area contributed by atoms with Crippen LogP contribution in [0.3, 0.4) is 0 Å². The van der Waals surface area contributed by atoms with Gasteiger partial charge in [0.15, 0.2) is 5.78 Å². The lowest BCUT2D eigenvalue weighted by molar-refractivity contribution is -0.143. The molecule has 8 heteroatoms. The molecule has 0 saturated heterocycles. The molecule has 3 N–H and O–H groups in total. The van der Waals surface area contributed by atoms with Crippen LogP contribution in [0.25, 0.3) is 6.08 Å². The van der Waals surface area contributed by atoms with Crippen molar-refractivity contribution in [2.75, 3.05) is 0 Å². The molecule has 0 spiro atoms. The fourth-order valence-corrected chi connectivity index (χ4v) is 4.89. The van der Waals surface area contributed by atoms with Gasteiger partial charge in [-0.25, -0.2) is 4.98 Å². The van der Waals surface area contributed by atoms with E-state index in [0.29, 0.717) is 6.42 Å². The summed E-state index contributed by atoms with van der Waals surface area (Å²) in [4.78, 5) is 43.3. The van der Waals surface area contributed by atoms with Gasteiger partial charge in [0.1, 0.15) is 5.78 Å². The molecule has 0 radical (unpaired) electrons. The number of aliphatic hydroxyl groups excluding tert-OH is 2. The van der Waals surface area contributed by atoms with E-state index in [2.05, 4.69) is 10.3 Å². The Labute approximate surface area is 212 Å². The van der Waals surface area contributed by atoms with Gasteiger partial charge in [-0.05, 0) is 50.3 Å². The number of aromatic nitrogens is 1. The van der Waals surface area contributed by atoms with Crippen LogP contribution in [0.1, 0.15) is 71.5 Å². The second-order valence-corrected chi connectivity index (χ2v) is 11.6. The van der Waals surface area contributed by atoms with Gasteiger partial charge in [0.05, 0.1) is 40.8 Å². The summed E-state index contributed by atoms with van der Waals surface area (Å²) in [5.74, 6) is -2.55. The summed E-state index contributed by atoms with van der Waals surface area (Å²) < 4.78 is 0. The number of aryl methyl sites for hydroxylation is 1. The number of amides is 1. The lowest BCUT2D eigenvalue weighted by atomic mass is 9.73. The Kier molecular flexibility index (Phi) is 10.1. The Morgan fingerprint density at radius 1 is 1.14 bits per heavy atom. The maximum absolute atomic E-state index is 13.2. The van der Waals surface area contributed by atoms with E-state index in [4.69, 9.17) is 0 Å². The summed E-state index contributed by atoms with van der Waals surface area (Å²) in [7, 11) is 0. The van der Waals surface area contributed by atoms with Crippen LogP contribution in [-0.2, 0) is 14.4 Å². The van der Waals surface area contributed by atoms with Crippen LogP contribution in [0.5, 0.6) is 0 Å². The summed E-state index contributed by atoms with van der Waals surface area (Å²) >= 11 is 1.55. The average molecular weight is 505 g/mol. The zero-order chi connectivity index (χ0) is 26.5. The molecule has 1 aromatic rings. The van der Waals surface area contributed by atoms with Crippen LogP contribution < -0.4 is 5.32 Å². The molecular formula is C27H40N2O5S. The van der Waals surface area contributed by atoms with Crippen molar-refractivity contribution >= 4 is 34.9 Å². The van der Waals surface area contributed by atoms with E-state index in [1.54, 1.807) is 39.0 Å². The molecule has 6 atom stereocenters. The number of aliphatic hydroxyl groups is 2. The molecule has 1 aliphatic rings. The Morgan fingerprint density at radius 3 is 2.40 bits per heavy atom. The molecule has 2 rings (SSSR count). The van der Waals surface area contributed by atoms with E-state index in [9.17, 15) is 24.6 Å². The molecule has 1 aliphatic heterocycles. The molecule has 0 fully saturated rings. The number of rotatable bonds is 2. The first kappa shape index (κ1) is 29.1. The largest absolute Gasteiger partial charge is 0.392 e. The summed E-state index contributed by atoms with van der Waals surface area (Å²) in [6, 6.07) is -0.283. The number of allylic oxidation sites excluding steroid dienone is 2. The van der Waals surface area contributed by atoms with E-state index in [1.165, 1.54) is 6.08 Å². The first-order valence-electron chi connectivity index (χ1n) is 12.3. The van der Waals surface area contributed by atoms with Crippen molar-refractivity contribution in [2.45, 2.75) is 86.0 Å². The molecule has 1 unspecified atom stereocenters. The normalized spacial score (nSPS) is 32.8. The molecule has 2 heterocycles. The van der Waals surface area contributed by atoms with Crippen LogP contribution in [0.15, 0.2) is 23.1 Å². The van der Waals surface area contributed by atoms with Crippen molar-refractivity contribution in [3.8, 4) is 0 Å². The molecule has 0 saturated carbocycles. The van der Waals surface area contributed by atoms with Crippen LogP contribution in [-0.4, -0.2) is 50.9 Å². The van der Waals surface area contributed by atoms with Crippen molar-refractivity contribution in [1.29, 1.82) is 0 Å². The Hall–Kier alpha value is -2.16. The third-order valence-electron chi connectivity index (χ3n) is 7.13. The summed E-state index contributed by atoms with van der Waals surface area (Å²) in [5.41, 5.74) is 0.492. The van der Waals surface area contributed by atoms with Gasteiger partial charge in [-0.3, -0.25) is 14.4 Å². The van der Waals surface area contributed by atoms with Crippen molar-refractivity contribution < 1.29 is 24.6 Å². The first-order valence-corrected chi connectivity index (χ1v) is 13.1. The molecule has 7 nitrogen and oxygen atoms in total. The number of hydrogen-bond donors (Lipinski definition) is 3. The number of nitrogens with zero attached hydrogens (tertiary/aromatic N) is 1. The van der Waals surface area contributed by atoms with Crippen LogP contribution in [0.4, 0.5) is 0 Å². The smallest absolute Gasteiger partial charge is 0.223 e. The van der Waals surface area contributed by atoms with Gasteiger partial charge in [0, 0.05) is 17.2 Å². The van der Waals surface area contributed by atoms with Crippen molar-refractivity contribution in [1.82, 2.24) is 10.3 Å². The lowest BCUT2D eigenvalue weighted by Crippen LogP contribution is -2.47. The number of ketones is 2. The summed E-state index contributed by atoms with van der Waals surface area (Å²) in [5, 5.41) is 27.5. The maximum atomic E-state index is 13.2. The third kappa shape index (κ3) is 7.66. The van der Waals surface area contributed by atoms with Gasteiger partial charge >= 0.3 is 0 Å². The van der Waals surface area contributed by atoms with Crippen LogP contribution in [0, 0.1) is 30.1 Å². The molecule has 0 bridgehead atoms. The van der Waals surface area contributed by atoms with Crippen molar-refractivity contribution in [3.63, 3.8) is 0 Å². The monoisotopic (exact) mass is 504 g/mol. The predicted octanol–water partition coefficient (Wildman–Crippen LogP) is 3.87. The number of hydrogen-bond acceptors (Lipinski definition) is 7. The zero-order valence-corrected chi connectivity index (χ0v) is 22.7. The minimum atomic E-state index is -1.28. The SMILES string of the molecule is C/C(=C\c1csc(C)n1)[C@@H]1CCC(C)/C=C/C(=O)[C@H](C)[C@H](O)[C@@H](C)C(=O)C(C)(C)[C@@H](O)CC(=O)N1. The molecule has 1 amide bonds. The number of thiazole rings is 1. The fourth-order valence-electron chi connectivity index (χ4n) is 4.32. The highest BCUT2D eigenvalue weighted by Crippen LogP contribution is 2.31. The van der Waals surface area contributed by atoms with Gasteiger partial charge in [-0.1, -0.05) is 40.7 Å². The van der Waals surface area contributed by atoms with Crippen molar-refractivity contribution in [3.05, 3.63) is 33.8 Å². The van der Waals surface area contributed by atoms with E-state index < -0.39 is 29.5 Å². The maximum Gasteiger partial charge on any atom is 0.223 e. The fraction of sp³-hybridized carbons (Fsp3) is 0.630. The summed E-state index contributed by atoms with van der Waals surface area (Å²) in [6.07, 6.45) is 3.93. The molecule has 1 aromatic heterocycles. The van der Waals surface area contributed by atoms with E-state index >= 15 is 0 Å². The minimum absolute atomic E-state index is 0.0634. The Bertz CT molecular complexity index is 980. The molecule has 194 valence electrons. The highest BCUT2D eigenvalue weighted by Gasteiger charge is 2.42. The highest BCUT2D eigenvalue weighted by molar-refractivity contribution is 7.09. The Balaban J connectivity index is 2.38. The molecule has 35 heavy (non-hydrogen) atoms. The lowest BCUT2D eigenvalue weighted by Gasteiger charge is -2.34. The van der Waals surface area contributed by atoms with Gasteiger partial charge in [-0.15, -0.1) is 11.3 Å². The second kappa shape index (κ2) is 12.2. The third-order valence-corrected chi connectivity index (χ3v) is 7.92. The number of nitrogens with one attached hydrogen (secondary N) is 1. The summed E-state index contributed by atoms with van der Waals surface area (Å²) in [6.45, 7) is 12.2. The highest BCUT2D eigenvalue weighted by atomic mass is 32.1. The minimum Gasteiger partial charge on any atom is -0.392 e. The van der Waals surface area contributed by atoms with Crippen molar-refractivity contribution in [2.24, 2.45) is 23.2 Å². The van der Waals surface area contributed by atoms with Crippen LogP contribution in [0.2, 0.25) is 0 Å². The second-order valence-electron chi connectivity index (χ2n) is 10.5. The molecule has 0 aliphatic carbocycles. The Morgan fingerprint density at radius 2 is 1.80 bits per heavy atom. The van der Waals surface area contributed by atoms with E-state index in [0.717, 1.165) is 22.7 Å². The molecule has 0 aromatic carbocycles. The van der Waals surface area contributed by atoms with Gasteiger partial charge in [-0.2, -0.15) is 0 Å². The van der Waals surface area contributed by atoms with E-state index in [1.807, 2.05) is 38.3 Å². The number of Topliss-reactive ketones (excluding diaryl/α,β-unsaturated/α-hetero) is 1. The quantitative estimate of drug-likeness (QED) is 0.563. The van der Waals surface area contributed by atoms with Gasteiger partial charge in [0.25, 0.3) is 0 Å². The van der Waals surface area contributed by atoms with Gasteiger partial charge < -0.3 is 15.5 Å². The number of carbonyl (C=O) groups excluding carboxylic acids is 3. The standard InChI is InChI=1S/C27H40N2O5S/c1-15-8-10-21(16(2)12-20-14-35-19(5)28-20)29-24(32)13-23(31)27(6,7)26(34)18(4)25(33)17(3)22(30)11-9-15/h9,11-12,14-15,17-18,21,23,25,31,33H,8,10,13H2,1-7H3,(H,29,32)/b11-9+,16-12+/t15?,17-,18+,21-,23-,25-/m0/s1. The number of carbonyl (C=O) groups is 3. The topological polar surface area (TPSA) is 117 Å². The van der Waals surface area contributed by atoms with Crippen LogP contribution >= 0.6 is 11.3 Å². The zero-order valence-electron chi connectivity index (χ0n) is 21.9. The first-order chi connectivity index (χ1) is 16.2. The molecular weight excluding hydrogens is 464 g/mol. The van der Waals surface area contributed by atoms with E-state index in [-0.39, 0.29) is 35.9 Å². The predicted molar refractivity (Wildman–Crippen MR) is 139 cm³/mol. The average Bonchev–Trinajstić information content (AvgIpc) is 3.21. The van der Waals surface area contributed by atoms with Gasteiger partial charge in [0.2, 0.25) is 5.91 Å².